The molecule has 15 atom stereocenters. The van der Waals surface area contributed by atoms with E-state index in [2.05, 4.69) is 0 Å². The Morgan fingerprint density at radius 2 is 1.16 bits per heavy atom. The highest BCUT2D eigenvalue weighted by molar-refractivity contribution is 5.88. The fourth-order valence-corrected chi connectivity index (χ4v) is 6.40. The normalized spacial score (nSPS) is 36.3. The molecule has 0 aliphatic carbocycles. The minimum atomic E-state index is -2.06. The first kappa shape index (κ1) is 41.7. The molecular formula is C34H42O22. The maximum Gasteiger partial charge on any atom is 0.239 e. The summed E-state index contributed by atoms with van der Waals surface area (Å²) in [6.45, 7) is -2.24. The van der Waals surface area contributed by atoms with Crippen LogP contribution in [0.15, 0.2) is 39.5 Å². The van der Waals surface area contributed by atoms with Gasteiger partial charge < -0.3 is 104 Å². The fourth-order valence-electron chi connectivity index (χ4n) is 6.40. The number of aromatic hydroxyl groups is 2. The zero-order chi connectivity index (χ0) is 40.7. The average molecular weight is 803 g/mol. The first-order chi connectivity index (χ1) is 26.6. The molecule has 4 heterocycles. The van der Waals surface area contributed by atoms with E-state index in [0.717, 1.165) is 12.1 Å². The van der Waals surface area contributed by atoms with Crippen molar-refractivity contribution in [3.8, 4) is 40.1 Å². The SMILES string of the molecule is COc1cc(-c2oc3cc(O[C@@H]4O[C@@H](CO)[C@@H](O)[C@H](O)[C@H]4O)cc(O)c3c(=O)c2O[C@@H]2O[C@H](CO[C@@H]3O[C@H](CO)[C@@H](O)[C@H](O)[C@H]3O)[C@H](O)[C@H](O)[C@H]2O)ccc1O. The van der Waals surface area contributed by atoms with Crippen LogP contribution in [0.5, 0.6) is 28.7 Å². The second kappa shape index (κ2) is 16.9. The van der Waals surface area contributed by atoms with Gasteiger partial charge in [-0.05, 0) is 18.2 Å². The maximum atomic E-state index is 14.2. The maximum absolute atomic E-state index is 14.2. The molecule has 0 amide bonds. The number of phenolic OH excluding ortho intramolecular Hbond substituents is 2. The summed E-state index contributed by atoms with van der Waals surface area (Å²) in [5.41, 5.74) is -1.48. The summed E-state index contributed by atoms with van der Waals surface area (Å²) < 4.78 is 44.4. The fraction of sp³-hybridized carbons (Fsp3) is 0.559. The van der Waals surface area contributed by atoms with Crippen LogP contribution >= 0.6 is 0 Å². The molecule has 310 valence electrons. The predicted molar refractivity (Wildman–Crippen MR) is 179 cm³/mol. The van der Waals surface area contributed by atoms with E-state index in [-0.39, 0.29) is 28.4 Å². The number of hydrogen-bond donors (Lipinski definition) is 13. The van der Waals surface area contributed by atoms with Crippen molar-refractivity contribution in [2.75, 3.05) is 26.9 Å². The van der Waals surface area contributed by atoms with Crippen molar-refractivity contribution in [2.45, 2.75) is 92.1 Å². The number of benzene rings is 2. The standard InChI is InChI=1S/C34H42O22/c1-49-14-4-10(2-3-12(14)37)30-31(23(42)19-13(38)5-11(6-15(19)52-30)51-33-28(47)25(44)21(40)17(8-36)54-33)56-34-29(48)26(45)22(41)18(55-34)9-50-32-27(46)24(43)20(39)16(7-35)53-32/h2-6,16-18,20-22,24-29,32-41,43-48H,7-9H2,1H3/t16-,17+,18-,20-,21-,22+,24+,25+,26+,27-,28-,29-,32-,33-,34+/m1/s1. The largest absolute Gasteiger partial charge is 0.507 e. The molecule has 3 aliphatic rings. The molecule has 0 unspecified atom stereocenters. The third-order valence-corrected chi connectivity index (χ3v) is 9.62. The summed E-state index contributed by atoms with van der Waals surface area (Å²) in [7, 11) is 1.23. The molecule has 22 nitrogen and oxygen atoms in total. The number of phenols is 2. The Bertz CT molecular complexity index is 1880. The highest BCUT2D eigenvalue weighted by Gasteiger charge is 2.49. The molecule has 0 spiro atoms. The average Bonchev–Trinajstić information content (AvgIpc) is 3.18. The summed E-state index contributed by atoms with van der Waals surface area (Å²) in [6, 6.07) is 5.68. The number of aliphatic hydroxyl groups is 11. The van der Waals surface area contributed by atoms with E-state index >= 15 is 0 Å². The zero-order valence-electron chi connectivity index (χ0n) is 29.2. The molecule has 1 aromatic heterocycles. The summed E-state index contributed by atoms with van der Waals surface area (Å²) in [4.78, 5) is 14.2. The number of hydrogen-bond acceptors (Lipinski definition) is 22. The molecule has 3 aliphatic heterocycles. The van der Waals surface area contributed by atoms with E-state index in [4.69, 9.17) is 37.6 Å². The van der Waals surface area contributed by atoms with Crippen LogP contribution in [0.3, 0.4) is 0 Å². The molecule has 6 rings (SSSR count). The number of fused-ring (bicyclic) bond motifs is 1. The van der Waals surface area contributed by atoms with Gasteiger partial charge in [-0.15, -0.1) is 0 Å². The third-order valence-electron chi connectivity index (χ3n) is 9.62. The summed E-state index contributed by atoms with van der Waals surface area (Å²) in [5, 5.41) is 133. The molecule has 22 heteroatoms. The molecule has 3 fully saturated rings. The van der Waals surface area contributed by atoms with Crippen molar-refractivity contribution < 1.29 is 104 Å². The van der Waals surface area contributed by atoms with Gasteiger partial charge in [0.1, 0.15) is 95.7 Å². The van der Waals surface area contributed by atoms with Gasteiger partial charge in [0.05, 0.1) is 26.9 Å². The van der Waals surface area contributed by atoms with Gasteiger partial charge in [-0.2, -0.15) is 0 Å². The van der Waals surface area contributed by atoms with Crippen molar-refractivity contribution >= 4 is 11.0 Å². The second-order valence-corrected chi connectivity index (χ2v) is 13.3. The van der Waals surface area contributed by atoms with Crippen LogP contribution < -0.4 is 19.6 Å². The predicted octanol–water partition coefficient (Wildman–Crippen LogP) is -4.94. The Balaban J connectivity index is 1.34. The molecule has 3 saturated heterocycles. The number of ether oxygens (including phenoxy) is 7. The summed E-state index contributed by atoms with van der Waals surface area (Å²) >= 11 is 0. The van der Waals surface area contributed by atoms with Crippen LogP contribution in [0, 0.1) is 0 Å². The lowest BCUT2D eigenvalue weighted by molar-refractivity contribution is -0.323. The molecule has 3 aromatic rings. The van der Waals surface area contributed by atoms with Crippen LogP contribution in [0.25, 0.3) is 22.3 Å². The van der Waals surface area contributed by atoms with Crippen molar-refractivity contribution in [2.24, 2.45) is 0 Å². The Morgan fingerprint density at radius 1 is 0.625 bits per heavy atom. The monoisotopic (exact) mass is 802 g/mol. The van der Waals surface area contributed by atoms with Gasteiger partial charge >= 0.3 is 0 Å². The lowest BCUT2D eigenvalue weighted by Crippen LogP contribution is -2.62. The molecule has 2 aromatic carbocycles. The molecule has 0 saturated carbocycles. The first-order valence-corrected chi connectivity index (χ1v) is 17.1. The summed E-state index contributed by atoms with van der Waals surface area (Å²) in [6.07, 6.45) is -26.2. The quantitative estimate of drug-likeness (QED) is 0.0863. The van der Waals surface area contributed by atoms with Crippen molar-refractivity contribution in [3.63, 3.8) is 0 Å². The molecule has 13 N–H and O–H groups in total. The van der Waals surface area contributed by atoms with Gasteiger partial charge in [-0.1, -0.05) is 0 Å². The van der Waals surface area contributed by atoms with Crippen molar-refractivity contribution in [1.82, 2.24) is 0 Å². The Hall–Kier alpha value is -3.95. The Kier molecular flexibility index (Phi) is 12.6. The molecule has 56 heavy (non-hydrogen) atoms. The number of methoxy groups -OCH3 is 1. The van der Waals surface area contributed by atoms with E-state index < -0.39 is 140 Å². The van der Waals surface area contributed by atoms with Gasteiger partial charge in [0.25, 0.3) is 0 Å². The van der Waals surface area contributed by atoms with E-state index in [1.54, 1.807) is 0 Å². The zero-order valence-corrected chi connectivity index (χ0v) is 29.2. The van der Waals surface area contributed by atoms with Crippen LogP contribution in [0.2, 0.25) is 0 Å². The Morgan fingerprint density at radius 3 is 1.75 bits per heavy atom. The van der Waals surface area contributed by atoms with Crippen LogP contribution in [-0.2, 0) is 18.9 Å². The van der Waals surface area contributed by atoms with Gasteiger partial charge in [-0.25, -0.2) is 0 Å². The number of rotatable bonds is 11. The third kappa shape index (κ3) is 7.83. The topological polar surface area (TPSA) is 358 Å². The van der Waals surface area contributed by atoms with Crippen LogP contribution in [0.1, 0.15) is 0 Å². The number of aliphatic hydroxyl groups excluding tert-OH is 11. The lowest BCUT2D eigenvalue weighted by Gasteiger charge is -2.42. The van der Waals surface area contributed by atoms with E-state index in [9.17, 15) is 71.2 Å². The molecule has 0 bridgehead atoms. The first-order valence-electron chi connectivity index (χ1n) is 17.1. The van der Waals surface area contributed by atoms with E-state index in [0.29, 0.717) is 0 Å². The van der Waals surface area contributed by atoms with Crippen LogP contribution in [-0.4, -0.2) is 185 Å². The van der Waals surface area contributed by atoms with Gasteiger partial charge in [0.15, 0.2) is 23.5 Å². The van der Waals surface area contributed by atoms with Crippen LogP contribution in [0.4, 0.5) is 0 Å². The van der Waals surface area contributed by atoms with E-state index in [1.807, 2.05) is 0 Å². The van der Waals surface area contributed by atoms with Gasteiger partial charge in [0, 0.05) is 17.7 Å². The minimum absolute atomic E-state index is 0.00165. The lowest BCUT2D eigenvalue weighted by atomic mass is 9.98. The smallest absolute Gasteiger partial charge is 0.239 e. The van der Waals surface area contributed by atoms with Crippen molar-refractivity contribution in [1.29, 1.82) is 0 Å². The molecular weight excluding hydrogens is 760 g/mol. The minimum Gasteiger partial charge on any atom is -0.507 e. The van der Waals surface area contributed by atoms with Crippen molar-refractivity contribution in [3.05, 3.63) is 40.6 Å². The van der Waals surface area contributed by atoms with Gasteiger partial charge in [-0.3, -0.25) is 4.79 Å². The molecule has 0 radical (unpaired) electrons. The highest BCUT2D eigenvalue weighted by atomic mass is 16.7. The van der Waals surface area contributed by atoms with Gasteiger partial charge in [0.2, 0.25) is 23.8 Å². The second-order valence-electron chi connectivity index (χ2n) is 13.3. The Labute approximate surface area is 314 Å². The summed E-state index contributed by atoms with van der Waals surface area (Å²) in [5.74, 6) is -2.69. The van der Waals surface area contributed by atoms with E-state index in [1.165, 1.54) is 25.3 Å². The highest BCUT2D eigenvalue weighted by Crippen LogP contribution is 2.40.